The zero-order valence-corrected chi connectivity index (χ0v) is 13.2. The van der Waals surface area contributed by atoms with Crippen molar-refractivity contribution in [2.75, 3.05) is 26.2 Å². The Labute approximate surface area is 114 Å². The Balaban J connectivity index is 2.43. The predicted octanol–water partition coefficient (Wildman–Crippen LogP) is 3.43. The summed E-state index contributed by atoms with van der Waals surface area (Å²) >= 11 is 0. The first kappa shape index (κ1) is 16.0. The molecule has 1 aliphatic heterocycles. The van der Waals surface area contributed by atoms with E-state index >= 15 is 0 Å². The molecule has 1 rings (SSSR count). The first-order valence-electron chi connectivity index (χ1n) is 7.83. The Morgan fingerprint density at radius 3 is 2.33 bits per heavy atom. The van der Waals surface area contributed by atoms with Gasteiger partial charge in [0.15, 0.2) is 0 Å². The van der Waals surface area contributed by atoms with Crippen LogP contribution in [-0.2, 0) is 0 Å². The van der Waals surface area contributed by atoms with E-state index in [2.05, 4.69) is 45.3 Å². The average Bonchev–Trinajstić information content (AvgIpc) is 2.30. The molecule has 2 heteroatoms. The van der Waals surface area contributed by atoms with Gasteiger partial charge in [-0.05, 0) is 49.1 Å². The van der Waals surface area contributed by atoms with Crippen LogP contribution in [-0.4, -0.2) is 26.2 Å². The van der Waals surface area contributed by atoms with Crippen LogP contribution in [0.3, 0.4) is 0 Å². The molecular weight excluding hydrogens is 220 g/mol. The highest BCUT2D eigenvalue weighted by Gasteiger charge is 2.31. The number of piperidine rings is 1. The van der Waals surface area contributed by atoms with Gasteiger partial charge in [-0.25, -0.2) is 0 Å². The zero-order valence-electron chi connectivity index (χ0n) is 13.2. The van der Waals surface area contributed by atoms with Gasteiger partial charge >= 0.3 is 0 Å². The van der Waals surface area contributed by atoms with Crippen LogP contribution in [0.1, 0.15) is 60.3 Å². The summed E-state index contributed by atoms with van der Waals surface area (Å²) in [5, 5.41) is 7.27. The van der Waals surface area contributed by atoms with Crippen LogP contribution in [0, 0.1) is 16.7 Å². The van der Waals surface area contributed by atoms with Crippen LogP contribution in [0.25, 0.3) is 0 Å². The van der Waals surface area contributed by atoms with E-state index in [1.54, 1.807) is 0 Å². The van der Waals surface area contributed by atoms with Crippen molar-refractivity contribution in [3.63, 3.8) is 0 Å². The third kappa shape index (κ3) is 4.55. The van der Waals surface area contributed by atoms with Crippen molar-refractivity contribution in [3.05, 3.63) is 0 Å². The molecule has 1 aliphatic rings. The summed E-state index contributed by atoms with van der Waals surface area (Å²) in [5.41, 5.74) is 0.966. The van der Waals surface area contributed by atoms with Gasteiger partial charge in [0.1, 0.15) is 0 Å². The van der Waals surface area contributed by atoms with Crippen molar-refractivity contribution < 1.29 is 0 Å². The molecule has 0 radical (unpaired) electrons. The highest BCUT2D eigenvalue weighted by molar-refractivity contribution is 4.87. The maximum Gasteiger partial charge on any atom is 0.000899 e. The summed E-state index contributed by atoms with van der Waals surface area (Å²) in [6.07, 6.45) is 5.38. The molecule has 0 aromatic carbocycles. The second-order valence-corrected chi connectivity index (χ2v) is 7.25. The number of hydrogen-bond acceptors (Lipinski definition) is 2. The van der Waals surface area contributed by atoms with Crippen LogP contribution < -0.4 is 10.6 Å². The van der Waals surface area contributed by atoms with Crippen LogP contribution in [0.15, 0.2) is 0 Å². The Bertz CT molecular complexity index is 222. The maximum absolute atomic E-state index is 3.77. The van der Waals surface area contributed by atoms with Crippen molar-refractivity contribution in [3.8, 4) is 0 Å². The van der Waals surface area contributed by atoms with E-state index in [9.17, 15) is 0 Å². The second-order valence-electron chi connectivity index (χ2n) is 7.25. The normalized spacial score (nSPS) is 20.3. The standard InChI is InChI=1S/C16H34N2/c1-6-7-16(8-10-17-11-9-16)13-18-12-15(4,5)14(2)3/h14,17-18H,6-13H2,1-5H3. The van der Waals surface area contributed by atoms with Crippen molar-refractivity contribution in [2.45, 2.75) is 60.3 Å². The molecule has 2 nitrogen and oxygen atoms in total. The molecule has 1 saturated heterocycles. The molecule has 1 fully saturated rings. The fourth-order valence-electron chi connectivity index (χ4n) is 2.86. The van der Waals surface area contributed by atoms with Gasteiger partial charge in [0, 0.05) is 13.1 Å². The average molecular weight is 254 g/mol. The Hall–Kier alpha value is -0.0800. The fraction of sp³-hybridized carbons (Fsp3) is 1.00. The predicted molar refractivity (Wildman–Crippen MR) is 80.9 cm³/mol. The van der Waals surface area contributed by atoms with Crippen LogP contribution >= 0.6 is 0 Å². The molecule has 0 aromatic rings. The zero-order chi connectivity index (χ0) is 13.6. The minimum Gasteiger partial charge on any atom is -0.317 e. The molecule has 1 heterocycles. The largest absolute Gasteiger partial charge is 0.317 e. The first-order valence-corrected chi connectivity index (χ1v) is 7.83. The Morgan fingerprint density at radius 2 is 1.83 bits per heavy atom. The number of hydrogen-bond donors (Lipinski definition) is 2. The van der Waals surface area contributed by atoms with E-state index < -0.39 is 0 Å². The van der Waals surface area contributed by atoms with Crippen molar-refractivity contribution in [2.24, 2.45) is 16.7 Å². The highest BCUT2D eigenvalue weighted by atomic mass is 14.9. The van der Waals surface area contributed by atoms with Gasteiger partial charge in [0.25, 0.3) is 0 Å². The summed E-state index contributed by atoms with van der Waals surface area (Å²) in [6, 6.07) is 0. The van der Waals surface area contributed by atoms with Crippen molar-refractivity contribution >= 4 is 0 Å². The Morgan fingerprint density at radius 1 is 1.22 bits per heavy atom. The van der Waals surface area contributed by atoms with E-state index in [4.69, 9.17) is 0 Å². The molecule has 2 N–H and O–H groups in total. The molecule has 0 bridgehead atoms. The van der Waals surface area contributed by atoms with E-state index in [0.717, 1.165) is 12.5 Å². The third-order valence-electron chi connectivity index (χ3n) is 5.09. The molecule has 0 amide bonds. The minimum absolute atomic E-state index is 0.403. The third-order valence-corrected chi connectivity index (χ3v) is 5.09. The highest BCUT2D eigenvalue weighted by Crippen LogP contribution is 2.33. The molecular formula is C16H34N2. The SMILES string of the molecule is CCCC1(CNCC(C)(C)C(C)C)CCNCC1. The summed E-state index contributed by atoms with van der Waals surface area (Å²) in [4.78, 5) is 0. The Kier molecular flexibility index (Phi) is 6.13. The molecule has 18 heavy (non-hydrogen) atoms. The summed E-state index contributed by atoms with van der Waals surface area (Å²) in [6.45, 7) is 16.5. The van der Waals surface area contributed by atoms with Gasteiger partial charge in [-0.3, -0.25) is 0 Å². The van der Waals surface area contributed by atoms with E-state index in [0.29, 0.717) is 10.8 Å². The lowest BCUT2D eigenvalue weighted by Gasteiger charge is -2.39. The van der Waals surface area contributed by atoms with Crippen LogP contribution in [0.5, 0.6) is 0 Å². The van der Waals surface area contributed by atoms with Gasteiger partial charge in [-0.2, -0.15) is 0 Å². The summed E-state index contributed by atoms with van der Waals surface area (Å²) in [5.74, 6) is 0.736. The van der Waals surface area contributed by atoms with Crippen LogP contribution in [0.4, 0.5) is 0 Å². The minimum atomic E-state index is 0.403. The van der Waals surface area contributed by atoms with Crippen molar-refractivity contribution in [1.82, 2.24) is 10.6 Å². The lowest BCUT2D eigenvalue weighted by atomic mass is 9.74. The van der Waals surface area contributed by atoms with Crippen molar-refractivity contribution in [1.29, 1.82) is 0 Å². The first-order chi connectivity index (χ1) is 8.42. The molecule has 0 spiro atoms. The van der Waals surface area contributed by atoms with Gasteiger partial charge in [-0.1, -0.05) is 41.0 Å². The summed E-state index contributed by atoms with van der Waals surface area (Å²) in [7, 11) is 0. The molecule has 0 aliphatic carbocycles. The molecule has 0 unspecified atom stereocenters. The van der Waals surface area contributed by atoms with E-state index in [1.165, 1.54) is 45.3 Å². The van der Waals surface area contributed by atoms with E-state index in [1.807, 2.05) is 0 Å². The molecule has 0 saturated carbocycles. The lowest BCUT2D eigenvalue weighted by molar-refractivity contribution is 0.158. The topological polar surface area (TPSA) is 24.1 Å². The maximum atomic E-state index is 3.77. The molecule has 0 aromatic heterocycles. The second kappa shape index (κ2) is 6.91. The van der Waals surface area contributed by atoms with Gasteiger partial charge < -0.3 is 10.6 Å². The molecule has 0 atom stereocenters. The summed E-state index contributed by atoms with van der Waals surface area (Å²) < 4.78 is 0. The smallest absolute Gasteiger partial charge is 0.000899 e. The van der Waals surface area contributed by atoms with E-state index in [-0.39, 0.29) is 0 Å². The van der Waals surface area contributed by atoms with Gasteiger partial charge in [0.05, 0.1) is 0 Å². The van der Waals surface area contributed by atoms with Gasteiger partial charge in [0.2, 0.25) is 0 Å². The number of rotatable bonds is 7. The number of nitrogens with one attached hydrogen (secondary N) is 2. The molecule has 108 valence electrons. The monoisotopic (exact) mass is 254 g/mol. The quantitative estimate of drug-likeness (QED) is 0.727. The lowest BCUT2D eigenvalue weighted by Crippen LogP contribution is -2.45. The van der Waals surface area contributed by atoms with Gasteiger partial charge in [-0.15, -0.1) is 0 Å². The van der Waals surface area contributed by atoms with Crippen LogP contribution in [0.2, 0.25) is 0 Å². The fourth-order valence-corrected chi connectivity index (χ4v) is 2.86.